The van der Waals surface area contributed by atoms with Gasteiger partial charge in [-0.3, -0.25) is 4.79 Å². The molecule has 0 aromatic heterocycles. The Morgan fingerprint density at radius 1 is 1.09 bits per heavy atom. The Balaban J connectivity index is 2.01. The lowest BCUT2D eigenvalue weighted by atomic mass is 10.1. The third-order valence-electron chi connectivity index (χ3n) is 3.38. The van der Waals surface area contributed by atoms with E-state index in [2.05, 4.69) is 5.32 Å². The van der Waals surface area contributed by atoms with Gasteiger partial charge in [0.15, 0.2) is 6.10 Å². The number of carbonyl (C=O) groups excluding carboxylic acids is 2. The van der Waals surface area contributed by atoms with Crippen molar-refractivity contribution in [1.29, 1.82) is 0 Å². The topological polar surface area (TPSA) is 55.4 Å². The van der Waals surface area contributed by atoms with Crippen LogP contribution in [0.2, 0.25) is 0 Å². The first-order valence-corrected chi connectivity index (χ1v) is 7.21. The van der Waals surface area contributed by atoms with Crippen molar-refractivity contribution >= 4 is 17.6 Å². The van der Waals surface area contributed by atoms with E-state index in [9.17, 15) is 14.0 Å². The molecule has 1 N–H and O–H groups in total. The zero-order chi connectivity index (χ0) is 17.0. The minimum atomic E-state index is -0.965. The van der Waals surface area contributed by atoms with Crippen molar-refractivity contribution in [2.24, 2.45) is 0 Å². The highest BCUT2D eigenvalue weighted by atomic mass is 19.1. The Morgan fingerprint density at radius 2 is 1.74 bits per heavy atom. The monoisotopic (exact) mass is 315 g/mol. The van der Waals surface area contributed by atoms with Crippen LogP contribution in [0, 0.1) is 19.7 Å². The predicted octanol–water partition coefficient (Wildman–Crippen LogP) is 3.63. The quantitative estimate of drug-likeness (QED) is 0.877. The van der Waals surface area contributed by atoms with Crippen molar-refractivity contribution in [3.8, 4) is 0 Å². The van der Waals surface area contributed by atoms with E-state index < -0.39 is 23.8 Å². The molecule has 2 aromatic rings. The summed E-state index contributed by atoms with van der Waals surface area (Å²) in [5.74, 6) is -1.54. The minimum absolute atomic E-state index is 0.192. The molecule has 4 nitrogen and oxygen atoms in total. The van der Waals surface area contributed by atoms with Crippen LogP contribution in [-0.2, 0) is 9.53 Å². The Labute approximate surface area is 134 Å². The summed E-state index contributed by atoms with van der Waals surface area (Å²) >= 11 is 0. The number of benzene rings is 2. The third kappa shape index (κ3) is 4.39. The number of aryl methyl sites for hydroxylation is 2. The molecule has 0 aliphatic carbocycles. The number of halogens is 1. The van der Waals surface area contributed by atoms with Gasteiger partial charge in [0.1, 0.15) is 5.82 Å². The van der Waals surface area contributed by atoms with E-state index >= 15 is 0 Å². The van der Waals surface area contributed by atoms with Gasteiger partial charge in [0.05, 0.1) is 5.56 Å². The number of amides is 1. The van der Waals surface area contributed by atoms with Crippen LogP contribution in [0.1, 0.15) is 28.4 Å². The molecule has 0 spiro atoms. The van der Waals surface area contributed by atoms with Crippen LogP contribution >= 0.6 is 0 Å². The Bertz CT molecular complexity index is 726. The summed E-state index contributed by atoms with van der Waals surface area (Å²) in [6, 6.07) is 10.7. The molecular formula is C18H18FNO3. The molecule has 0 saturated heterocycles. The van der Waals surface area contributed by atoms with Crippen molar-refractivity contribution < 1.29 is 18.7 Å². The van der Waals surface area contributed by atoms with Crippen LogP contribution in [0.5, 0.6) is 0 Å². The summed E-state index contributed by atoms with van der Waals surface area (Å²) in [6.07, 6.45) is -0.965. The summed E-state index contributed by atoms with van der Waals surface area (Å²) in [5, 5.41) is 2.74. The molecule has 23 heavy (non-hydrogen) atoms. The highest BCUT2D eigenvalue weighted by Crippen LogP contribution is 2.17. The maximum absolute atomic E-state index is 12.8. The van der Waals surface area contributed by atoms with Crippen LogP contribution in [0.15, 0.2) is 42.5 Å². The number of nitrogens with one attached hydrogen (secondary N) is 1. The summed E-state index contributed by atoms with van der Waals surface area (Å²) < 4.78 is 17.9. The first-order valence-electron chi connectivity index (χ1n) is 7.21. The van der Waals surface area contributed by atoms with E-state index in [-0.39, 0.29) is 5.56 Å². The Kier molecular flexibility index (Phi) is 5.11. The average molecular weight is 315 g/mol. The highest BCUT2D eigenvalue weighted by Gasteiger charge is 2.19. The summed E-state index contributed by atoms with van der Waals surface area (Å²) in [5.41, 5.74) is 2.81. The van der Waals surface area contributed by atoms with E-state index in [0.29, 0.717) is 5.69 Å². The van der Waals surface area contributed by atoms with Crippen LogP contribution in [0.25, 0.3) is 0 Å². The molecule has 1 atom stereocenters. The lowest BCUT2D eigenvalue weighted by molar-refractivity contribution is -0.123. The number of hydrogen-bond acceptors (Lipinski definition) is 3. The molecule has 0 aliphatic heterocycles. The second kappa shape index (κ2) is 7.05. The smallest absolute Gasteiger partial charge is 0.338 e. The zero-order valence-electron chi connectivity index (χ0n) is 13.2. The van der Waals surface area contributed by atoms with Gasteiger partial charge in [-0.15, -0.1) is 0 Å². The van der Waals surface area contributed by atoms with Gasteiger partial charge in [-0.2, -0.15) is 0 Å². The molecule has 0 fully saturated rings. The average Bonchev–Trinajstić information content (AvgIpc) is 2.51. The molecule has 120 valence electrons. The summed E-state index contributed by atoms with van der Waals surface area (Å²) in [4.78, 5) is 24.1. The number of ether oxygens (including phenoxy) is 1. The number of carbonyl (C=O) groups is 2. The van der Waals surface area contributed by atoms with Gasteiger partial charge in [0, 0.05) is 5.69 Å². The lowest BCUT2D eigenvalue weighted by Gasteiger charge is -2.15. The fourth-order valence-corrected chi connectivity index (χ4v) is 1.97. The van der Waals surface area contributed by atoms with E-state index in [1.165, 1.54) is 19.1 Å². The summed E-state index contributed by atoms with van der Waals surface area (Å²) in [6.45, 7) is 5.29. The first kappa shape index (κ1) is 16.7. The molecule has 5 heteroatoms. The molecule has 0 saturated carbocycles. The molecule has 2 rings (SSSR count). The normalized spacial score (nSPS) is 11.7. The van der Waals surface area contributed by atoms with E-state index in [1.54, 1.807) is 0 Å². The molecule has 1 amide bonds. The molecular weight excluding hydrogens is 297 g/mol. The highest BCUT2D eigenvalue weighted by molar-refractivity contribution is 5.97. The molecule has 2 aromatic carbocycles. The molecule has 0 heterocycles. The van der Waals surface area contributed by atoms with E-state index in [0.717, 1.165) is 23.3 Å². The fourth-order valence-electron chi connectivity index (χ4n) is 1.97. The summed E-state index contributed by atoms with van der Waals surface area (Å²) in [7, 11) is 0. The van der Waals surface area contributed by atoms with Gasteiger partial charge >= 0.3 is 5.97 Å². The maximum Gasteiger partial charge on any atom is 0.338 e. The number of esters is 1. The van der Waals surface area contributed by atoms with Crippen molar-refractivity contribution in [3.63, 3.8) is 0 Å². The molecule has 1 unspecified atom stereocenters. The standard InChI is InChI=1S/C18H18FNO3/c1-11-4-5-12(2)16(10-11)20-17(21)13(3)23-18(22)14-6-8-15(19)9-7-14/h4-10,13H,1-3H3,(H,20,21). The Morgan fingerprint density at radius 3 is 2.39 bits per heavy atom. The third-order valence-corrected chi connectivity index (χ3v) is 3.38. The first-order chi connectivity index (χ1) is 10.9. The fraction of sp³-hybridized carbons (Fsp3) is 0.222. The van der Waals surface area contributed by atoms with Crippen molar-refractivity contribution in [3.05, 3.63) is 65.0 Å². The molecule has 0 bridgehead atoms. The number of hydrogen-bond donors (Lipinski definition) is 1. The van der Waals surface area contributed by atoms with Crippen molar-refractivity contribution in [2.45, 2.75) is 26.9 Å². The van der Waals surface area contributed by atoms with Crippen molar-refractivity contribution in [1.82, 2.24) is 0 Å². The zero-order valence-corrected chi connectivity index (χ0v) is 13.2. The SMILES string of the molecule is Cc1ccc(C)c(NC(=O)C(C)OC(=O)c2ccc(F)cc2)c1. The Hall–Kier alpha value is -2.69. The van der Waals surface area contributed by atoms with Gasteiger partial charge < -0.3 is 10.1 Å². The van der Waals surface area contributed by atoms with Crippen LogP contribution in [-0.4, -0.2) is 18.0 Å². The predicted molar refractivity (Wildman–Crippen MR) is 85.8 cm³/mol. The van der Waals surface area contributed by atoms with E-state index in [4.69, 9.17) is 4.74 Å². The second-order valence-electron chi connectivity index (χ2n) is 5.36. The number of rotatable bonds is 4. The molecule has 0 aliphatic rings. The second-order valence-corrected chi connectivity index (χ2v) is 5.36. The van der Waals surface area contributed by atoms with Gasteiger partial charge in [-0.1, -0.05) is 12.1 Å². The van der Waals surface area contributed by atoms with Crippen LogP contribution < -0.4 is 5.32 Å². The van der Waals surface area contributed by atoms with Gasteiger partial charge in [0.2, 0.25) is 0 Å². The van der Waals surface area contributed by atoms with Gasteiger partial charge in [-0.05, 0) is 62.2 Å². The van der Waals surface area contributed by atoms with Crippen LogP contribution in [0.3, 0.4) is 0 Å². The van der Waals surface area contributed by atoms with E-state index in [1.807, 2.05) is 32.0 Å². The van der Waals surface area contributed by atoms with Crippen molar-refractivity contribution in [2.75, 3.05) is 5.32 Å². The maximum atomic E-state index is 12.8. The van der Waals surface area contributed by atoms with Gasteiger partial charge in [0.25, 0.3) is 5.91 Å². The largest absolute Gasteiger partial charge is 0.449 e. The molecule has 0 radical (unpaired) electrons. The minimum Gasteiger partial charge on any atom is -0.449 e. The lowest BCUT2D eigenvalue weighted by Crippen LogP contribution is -2.30. The number of anilines is 1. The van der Waals surface area contributed by atoms with Gasteiger partial charge in [-0.25, -0.2) is 9.18 Å². The van der Waals surface area contributed by atoms with Crippen LogP contribution in [0.4, 0.5) is 10.1 Å².